The average molecular weight is 873 g/mol. The predicted octanol–water partition coefficient (Wildman–Crippen LogP) is 6.17. The number of carboxylic acids is 1. The first kappa shape index (κ1) is 42.8. The van der Waals surface area contributed by atoms with Crippen molar-refractivity contribution in [1.29, 1.82) is 0 Å². The maximum atomic E-state index is 13.7. The number of aliphatic carboxylic acids is 1. The SMILES string of the molecule is C.Cc1c2c(c(=O)n3c1C(=O)NC31CCCCC1)Nc1cc(N)ncc1C2.Cc1c2c(c(=O)n3c1C(=O)NC31CCCCC1)Nc1cc(NC(=O)C3CC3)ncc1C2.O=C(O)C1CC1. The molecular formula is C47H56N10O7. The Bertz CT molecular complexity index is 2770. The van der Waals surface area contributed by atoms with E-state index in [-0.39, 0.29) is 48.1 Å². The van der Waals surface area contributed by atoms with Gasteiger partial charge in [-0.05, 0) is 124 Å². The number of nitrogen functional groups attached to an aromatic ring is 1. The van der Waals surface area contributed by atoms with Gasteiger partial charge in [0.15, 0.2) is 0 Å². The van der Waals surface area contributed by atoms with E-state index in [0.29, 0.717) is 47.2 Å². The van der Waals surface area contributed by atoms with Gasteiger partial charge in [0.05, 0.1) is 5.92 Å². The lowest BCUT2D eigenvalue weighted by atomic mass is 9.88. The quantitative estimate of drug-likeness (QED) is 0.106. The van der Waals surface area contributed by atoms with Gasteiger partial charge in [-0.15, -0.1) is 0 Å². The molecule has 64 heavy (non-hydrogen) atoms. The number of carboxylic acid groups (broad SMARTS) is 1. The Morgan fingerprint density at radius 1 is 0.703 bits per heavy atom. The van der Waals surface area contributed by atoms with Crippen LogP contribution in [0, 0.1) is 25.7 Å². The number of hydrogen-bond donors (Lipinski definition) is 7. The number of amides is 3. The molecule has 8 heterocycles. The number of carbonyl (C=O) groups is 4. The molecule has 0 bridgehead atoms. The third kappa shape index (κ3) is 7.18. The molecule has 4 aromatic heterocycles. The number of nitrogens with one attached hydrogen (secondary N) is 5. The lowest BCUT2D eigenvalue weighted by molar-refractivity contribution is -0.138. The Morgan fingerprint density at radius 2 is 1.16 bits per heavy atom. The van der Waals surface area contributed by atoms with Crippen LogP contribution in [-0.2, 0) is 33.8 Å². The largest absolute Gasteiger partial charge is 0.481 e. The van der Waals surface area contributed by atoms with Crippen LogP contribution in [0.4, 0.5) is 34.4 Å². The normalized spacial score (nSPS) is 19.7. The topological polar surface area (TPSA) is 244 Å². The number of pyridine rings is 4. The van der Waals surface area contributed by atoms with Crippen molar-refractivity contribution < 1.29 is 24.3 Å². The van der Waals surface area contributed by atoms with E-state index in [1.807, 2.05) is 13.8 Å². The fourth-order valence-corrected chi connectivity index (χ4v) is 10.5. The molecule has 4 saturated carbocycles. The molecule has 4 aromatic rings. The summed E-state index contributed by atoms with van der Waals surface area (Å²) in [6, 6.07) is 3.55. The van der Waals surface area contributed by atoms with Crippen molar-refractivity contribution >= 4 is 58.1 Å². The van der Waals surface area contributed by atoms with Crippen LogP contribution in [0.15, 0.2) is 34.1 Å². The van der Waals surface area contributed by atoms with Gasteiger partial charge in [0, 0.05) is 54.7 Å². The summed E-state index contributed by atoms with van der Waals surface area (Å²) in [6.07, 6.45) is 17.7. The summed E-state index contributed by atoms with van der Waals surface area (Å²) in [5.74, 6) is 0.106. The van der Waals surface area contributed by atoms with E-state index in [1.165, 1.54) is 0 Å². The van der Waals surface area contributed by atoms with Crippen molar-refractivity contribution in [1.82, 2.24) is 29.7 Å². The van der Waals surface area contributed by atoms with Crippen molar-refractivity contribution in [2.45, 2.75) is 135 Å². The van der Waals surface area contributed by atoms with Crippen LogP contribution >= 0.6 is 0 Å². The number of nitrogens with two attached hydrogens (primary N) is 1. The maximum Gasteiger partial charge on any atom is 0.306 e. The fourth-order valence-electron chi connectivity index (χ4n) is 10.5. The van der Waals surface area contributed by atoms with Gasteiger partial charge in [0.25, 0.3) is 22.9 Å². The maximum absolute atomic E-state index is 13.7. The Kier molecular flexibility index (Phi) is 10.6. The molecule has 0 atom stereocenters. The minimum Gasteiger partial charge on any atom is -0.481 e. The number of rotatable bonds is 3. The molecule has 17 nitrogen and oxygen atoms in total. The van der Waals surface area contributed by atoms with Crippen molar-refractivity contribution in [3.63, 3.8) is 0 Å². The minimum absolute atomic E-state index is 0. The van der Waals surface area contributed by atoms with Gasteiger partial charge in [-0.25, -0.2) is 9.97 Å². The highest BCUT2D eigenvalue weighted by Gasteiger charge is 2.48. The second kappa shape index (κ2) is 15.9. The monoisotopic (exact) mass is 872 g/mol. The molecule has 0 aromatic carbocycles. The fraction of sp³-hybridized carbons (Fsp3) is 0.489. The molecule has 4 fully saturated rings. The zero-order valence-corrected chi connectivity index (χ0v) is 35.5. The third-order valence-electron chi connectivity index (χ3n) is 14.2. The molecule has 2 spiro atoms. The van der Waals surface area contributed by atoms with Gasteiger partial charge in [-0.3, -0.25) is 37.9 Å². The molecule has 4 aliphatic heterocycles. The van der Waals surface area contributed by atoms with Gasteiger partial charge in [0.2, 0.25) is 5.91 Å². The molecule has 8 N–H and O–H groups in total. The van der Waals surface area contributed by atoms with Crippen LogP contribution in [0.25, 0.3) is 0 Å². The highest BCUT2D eigenvalue weighted by molar-refractivity contribution is 5.99. The molecule has 12 rings (SSSR count). The van der Waals surface area contributed by atoms with E-state index in [0.717, 1.165) is 135 Å². The highest BCUT2D eigenvalue weighted by Crippen LogP contribution is 2.43. The van der Waals surface area contributed by atoms with Crippen LogP contribution in [-0.4, -0.2) is 47.9 Å². The van der Waals surface area contributed by atoms with Crippen LogP contribution < -0.4 is 43.4 Å². The summed E-state index contributed by atoms with van der Waals surface area (Å²) in [7, 11) is 0. The van der Waals surface area contributed by atoms with Gasteiger partial charge in [-0.1, -0.05) is 20.3 Å². The van der Waals surface area contributed by atoms with Crippen molar-refractivity contribution in [2.75, 3.05) is 21.7 Å². The average Bonchev–Trinajstić information content (AvgIpc) is 4.21. The Balaban J connectivity index is 0.000000143. The van der Waals surface area contributed by atoms with E-state index in [4.69, 9.17) is 10.8 Å². The van der Waals surface area contributed by atoms with E-state index < -0.39 is 17.3 Å². The Morgan fingerprint density at radius 3 is 1.59 bits per heavy atom. The van der Waals surface area contributed by atoms with Crippen LogP contribution in [0.2, 0.25) is 0 Å². The van der Waals surface area contributed by atoms with Crippen LogP contribution in [0.1, 0.15) is 152 Å². The summed E-state index contributed by atoms with van der Waals surface area (Å²) in [5, 5.41) is 23.8. The number of fused-ring (bicyclic) bond motifs is 8. The minimum atomic E-state index is -0.630. The lowest BCUT2D eigenvalue weighted by Crippen LogP contribution is -2.49. The number of aromatic nitrogens is 4. The Labute approximate surface area is 370 Å². The second-order valence-corrected chi connectivity index (χ2v) is 18.5. The van der Waals surface area contributed by atoms with E-state index in [9.17, 15) is 28.8 Å². The van der Waals surface area contributed by atoms with Gasteiger partial charge >= 0.3 is 5.97 Å². The summed E-state index contributed by atoms with van der Waals surface area (Å²) in [6.45, 7) is 3.86. The van der Waals surface area contributed by atoms with Gasteiger partial charge in [-0.2, -0.15) is 0 Å². The van der Waals surface area contributed by atoms with Crippen molar-refractivity contribution in [3.8, 4) is 0 Å². The molecule has 0 radical (unpaired) electrons. The van der Waals surface area contributed by atoms with Crippen LogP contribution in [0.3, 0.4) is 0 Å². The van der Waals surface area contributed by atoms with E-state index in [2.05, 4.69) is 36.6 Å². The smallest absolute Gasteiger partial charge is 0.306 e. The van der Waals surface area contributed by atoms with E-state index >= 15 is 0 Å². The van der Waals surface area contributed by atoms with Crippen molar-refractivity contribution in [2.24, 2.45) is 11.8 Å². The van der Waals surface area contributed by atoms with Gasteiger partial charge in [0.1, 0.15) is 45.7 Å². The second-order valence-electron chi connectivity index (χ2n) is 18.5. The first-order valence-electron chi connectivity index (χ1n) is 22.3. The zero-order valence-electron chi connectivity index (χ0n) is 35.5. The summed E-state index contributed by atoms with van der Waals surface area (Å²) < 4.78 is 3.45. The van der Waals surface area contributed by atoms with Gasteiger partial charge < -0.3 is 37.4 Å². The number of hydrogen-bond acceptors (Lipinski definition) is 11. The van der Waals surface area contributed by atoms with Crippen molar-refractivity contribution in [3.05, 3.63) is 90.0 Å². The summed E-state index contributed by atoms with van der Waals surface area (Å²) in [4.78, 5) is 83.2. The molecule has 0 saturated heterocycles. The molecule has 8 aliphatic rings. The van der Waals surface area contributed by atoms with E-state index in [1.54, 1.807) is 33.7 Å². The summed E-state index contributed by atoms with van der Waals surface area (Å²) in [5.41, 5.74) is 13.4. The molecule has 17 heteroatoms. The number of anilines is 6. The zero-order chi connectivity index (χ0) is 43.9. The third-order valence-corrected chi connectivity index (χ3v) is 14.2. The first-order chi connectivity index (χ1) is 30.3. The number of carbonyl (C=O) groups excluding carboxylic acids is 3. The molecular weight excluding hydrogens is 817 g/mol. The molecule has 0 unspecified atom stereocenters. The predicted molar refractivity (Wildman–Crippen MR) is 241 cm³/mol. The molecule has 3 amide bonds. The standard InChI is InChI=1S/C23H25N5O3.C19H21N5O2.C4H6O2.CH4/c1-12-15-9-14-11-24-17(26-20(29)13-5-6-13)10-16(14)25-18(15)22(31)28-19(12)21(30)27-23(28)7-3-2-4-8-23;1-10-12-7-11-9-21-14(20)8-13(11)22-15(12)18(26)24-16(10)17(25)23-19(24)5-3-2-4-6-19;5-4(6)3-1-2-3;/h10-11,13,25H,2-9H2,1H3,(H,27,30)(H,24,26,29);8-9,22H,2-7H2,1H3,(H2,20,21)(H,23,25);3H,1-2H2,(H,5,6);1H4. The first-order valence-corrected chi connectivity index (χ1v) is 22.3. The molecule has 4 aliphatic carbocycles. The van der Waals surface area contributed by atoms with Crippen LogP contribution in [0.5, 0.6) is 0 Å². The highest BCUT2D eigenvalue weighted by atomic mass is 16.4. The Hall–Kier alpha value is -6.52. The number of nitrogens with zero attached hydrogens (tertiary/aromatic N) is 4. The summed E-state index contributed by atoms with van der Waals surface area (Å²) >= 11 is 0. The lowest BCUT2D eigenvalue weighted by Gasteiger charge is -2.36. The molecule has 336 valence electrons.